The first-order valence-corrected chi connectivity index (χ1v) is 10.6. The smallest absolute Gasteiger partial charge is 0.333 e. The summed E-state index contributed by atoms with van der Waals surface area (Å²) in [6.07, 6.45) is 1.47. The maximum atomic E-state index is 14.1. The van der Waals surface area contributed by atoms with E-state index in [0.29, 0.717) is 35.6 Å². The van der Waals surface area contributed by atoms with Crippen LogP contribution in [0.25, 0.3) is 0 Å². The van der Waals surface area contributed by atoms with Gasteiger partial charge in [0.2, 0.25) is 11.7 Å². The van der Waals surface area contributed by atoms with Crippen molar-refractivity contribution < 1.29 is 18.7 Å². The Morgan fingerprint density at radius 1 is 1.17 bits per heavy atom. The molecule has 9 nitrogen and oxygen atoms in total. The van der Waals surface area contributed by atoms with E-state index in [-0.39, 0.29) is 19.0 Å². The Labute approximate surface area is 174 Å². The van der Waals surface area contributed by atoms with Crippen LogP contribution in [0.1, 0.15) is 28.7 Å². The molecule has 2 aliphatic heterocycles. The summed E-state index contributed by atoms with van der Waals surface area (Å²) in [7, 11) is 0. The SMILES string of the molecule is O=C(Cn1c(=O)c(F)cn([C@H]2CCCO2)c1=O)N1CCN(C(=O)c2cccs2)CC1. The second kappa shape index (κ2) is 8.52. The predicted octanol–water partition coefficient (Wildman–Crippen LogP) is 0.504. The quantitative estimate of drug-likeness (QED) is 0.696. The highest BCUT2D eigenvalue weighted by atomic mass is 32.1. The van der Waals surface area contributed by atoms with Crippen LogP contribution in [0.3, 0.4) is 0 Å². The minimum absolute atomic E-state index is 0.0853. The number of rotatable bonds is 4. The molecule has 2 aliphatic rings. The van der Waals surface area contributed by atoms with Crippen molar-refractivity contribution in [1.29, 1.82) is 0 Å². The maximum absolute atomic E-state index is 14.1. The van der Waals surface area contributed by atoms with Gasteiger partial charge in [-0.2, -0.15) is 4.39 Å². The van der Waals surface area contributed by atoms with Gasteiger partial charge in [-0.3, -0.25) is 19.0 Å². The molecule has 4 rings (SSSR count). The number of halogens is 1. The number of hydrogen-bond donors (Lipinski definition) is 0. The van der Waals surface area contributed by atoms with Crippen LogP contribution in [-0.4, -0.2) is 63.5 Å². The van der Waals surface area contributed by atoms with Gasteiger partial charge in [-0.05, 0) is 24.3 Å². The molecule has 2 saturated heterocycles. The molecule has 0 aliphatic carbocycles. The molecule has 4 heterocycles. The number of thiophene rings is 1. The Balaban J connectivity index is 1.45. The second-order valence-electron chi connectivity index (χ2n) is 7.18. The molecule has 0 radical (unpaired) electrons. The van der Waals surface area contributed by atoms with Gasteiger partial charge in [0, 0.05) is 32.8 Å². The maximum Gasteiger partial charge on any atom is 0.333 e. The lowest BCUT2D eigenvalue weighted by Gasteiger charge is -2.34. The number of nitrogens with zero attached hydrogens (tertiary/aromatic N) is 4. The molecule has 0 unspecified atom stereocenters. The van der Waals surface area contributed by atoms with E-state index in [1.807, 2.05) is 5.38 Å². The topological polar surface area (TPSA) is 93.8 Å². The number of carbonyl (C=O) groups is 2. The summed E-state index contributed by atoms with van der Waals surface area (Å²) in [5.41, 5.74) is -1.90. The number of aromatic nitrogens is 2. The highest BCUT2D eigenvalue weighted by molar-refractivity contribution is 7.12. The number of carbonyl (C=O) groups excluding carboxylic acids is 2. The zero-order valence-corrected chi connectivity index (χ0v) is 17.0. The highest BCUT2D eigenvalue weighted by Crippen LogP contribution is 2.20. The van der Waals surface area contributed by atoms with Gasteiger partial charge in [0.05, 0.1) is 11.1 Å². The van der Waals surface area contributed by atoms with Gasteiger partial charge in [0.25, 0.3) is 11.5 Å². The van der Waals surface area contributed by atoms with Crippen LogP contribution in [-0.2, 0) is 16.1 Å². The summed E-state index contributed by atoms with van der Waals surface area (Å²) >= 11 is 1.36. The van der Waals surface area contributed by atoms with Crippen molar-refractivity contribution in [2.75, 3.05) is 32.8 Å². The molecule has 2 aromatic rings. The normalized spacial score (nSPS) is 19.3. The first-order chi connectivity index (χ1) is 14.5. The fourth-order valence-corrected chi connectivity index (χ4v) is 4.35. The van der Waals surface area contributed by atoms with Gasteiger partial charge < -0.3 is 14.5 Å². The lowest BCUT2D eigenvalue weighted by Crippen LogP contribution is -2.53. The third kappa shape index (κ3) is 3.94. The van der Waals surface area contributed by atoms with E-state index < -0.39 is 35.7 Å². The Hall–Kier alpha value is -2.79. The number of hydrogen-bond acceptors (Lipinski definition) is 6. The molecule has 160 valence electrons. The molecule has 0 aromatic carbocycles. The van der Waals surface area contributed by atoms with Gasteiger partial charge in [-0.1, -0.05) is 6.07 Å². The zero-order valence-electron chi connectivity index (χ0n) is 16.2. The molecular formula is C19H21FN4O5S. The van der Waals surface area contributed by atoms with Gasteiger partial charge >= 0.3 is 5.69 Å². The molecule has 0 spiro atoms. The Morgan fingerprint density at radius 2 is 1.90 bits per heavy atom. The third-order valence-corrected chi connectivity index (χ3v) is 6.17. The largest absolute Gasteiger partial charge is 0.358 e. The lowest BCUT2D eigenvalue weighted by atomic mass is 10.3. The van der Waals surface area contributed by atoms with Crippen molar-refractivity contribution in [3.8, 4) is 0 Å². The first-order valence-electron chi connectivity index (χ1n) is 9.69. The van der Waals surface area contributed by atoms with Crippen LogP contribution in [0.15, 0.2) is 33.3 Å². The highest BCUT2D eigenvalue weighted by Gasteiger charge is 2.27. The van der Waals surface area contributed by atoms with E-state index in [9.17, 15) is 23.6 Å². The second-order valence-corrected chi connectivity index (χ2v) is 8.12. The fraction of sp³-hybridized carbons (Fsp3) is 0.474. The van der Waals surface area contributed by atoms with Crippen LogP contribution in [0.5, 0.6) is 0 Å². The van der Waals surface area contributed by atoms with Crippen LogP contribution >= 0.6 is 11.3 Å². The van der Waals surface area contributed by atoms with Gasteiger partial charge in [-0.15, -0.1) is 11.3 Å². The molecular weight excluding hydrogens is 415 g/mol. The molecule has 0 saturated carbocycles. The molecule has 2 amide bonds. The van der Waals surface area contributed by atoms with E-state index in [1.165, 1.54) is 16.2 Å². The monoisotopic (exact) mass is 436 g/mol. The van der Waals surface area contributed by atoms with Gasteiger partial charge in [0.1, 0.15) is 12.8 Å². The van der Waals surface area contributed by atoms with Crippen molar-refractivity contribution in [2.45, 2.75) is 25.6 Å². The Kier molecular flexibility index (Phi) is 5.82. The summed E-state index contributed by atoms with van der Waals surface area (Å²) in [6.45, 7) is 1.15. The summed E-state index contributed by atoms with van der Waals surface area (Å²) in [5, 5.41) is 1.83. The first kappa shape index (κ1) is 20.5. The third-order valence-electron chi connectivity index (χ3n) is 5.31. The van der Waals surface area contributed by atoms with Crippen molar-refractivity contribution >= 4 is 23.2 Å². The number of amides is 2. The molecule has 30 heavy (non-hydrogen) atoms. The van der Waals surface area contributed by atoms with E-state index in [2.05, 4.69) is 0 Å². The van der Waals surface area contributed by atoms with Crippen molar-refractivity contribution in [3.63, 3.8) is 0 Å². The van der Waals surface area contributed by atoms with Crippen LogP contribution in [0, 0.1) is 5.82 Å². The van der Waals surface area contributed by atoms with Gasteiger partial charge in [-0.25, -0.2) is 9.36 Å². The zero-order chi connectivity index (χ0) is 21.3. The molecule has 0 bridgehead atoms. The van der Waals surface area contributed by atoms with E-state index in [4.69, 9.17) is 4.74 Å². The Morgan fingerprint density at radius 3 is 2.53 bits per heavy atom. The summed E-state index contributed by atoms with van der Waals surface area (Å²) in [4.78, 5) is 53.7. The van der Waals surface area contributed by atoms with Gasteiger partial charge in [0.15, 0.2) is 0 Å². The predicted molar refractivity (Wildman–Crippen MR) is 106 cm³/mol. The van der Waals surface area contributed by atoms with Crippen molar-refractivity contribution in [3.05, 3.63) is 55.2 Å². The van der Waals surface area contributed by atoms with E-state index >= 15 is 0 Å². The molecule has 2 fully saturated rings. The minimum Gasteiger partial charge on any atom is -0.358 e. The van der Waals surface area contributed by atoms with E-state index in [1.54, 1.807) is 17.0 Å². The molecule has 2 aromatic heterocycles. The van der Waals surface area contributed by atoms with Crippen LogP contribution < -0.4 is 11.2 Å². The Bertz CT molecular complexity index is 1050. The molecule has 0 N–H and O–H groups in total. The standard InChI is InChI=1S/C19H21FN4O5S/c20-13-11-23(16-4-1-9-29-16)19(28)24(17(13)26)12-15(25)21-5-7-22(8-6-21)18(27)14-3-2-10-30-14/h2-3,10-11,16H,1,4-9,12H2/t16-/m1/s1. The average Bonchev–Trinajstić information content (AvgIpc) is 3.47. The summed E-state index contributed by atoms with van der Waals surface area (Å²) < 4.78 is 21.2. The van der Waals surface area contributed by atoms with E-state index in [0.717, 1.165) is 17.2 Å². The lowest BCUT2D eigenvalue weighted by molar-refractivity contribution is -0.133. The fourth-order valence-electron chi connectivity index (χ4n) is 3.66. The van der Waals surface area contributed by atoms with Crippen LogP contribution in [0.4, 0.5) is 4.39 Å². The minimum atomic E-state index is -1.13. The molecule has 11 heteroatoms. The van der Waals surface area contributed by atoms with Crippen LogP contribution in [0.2, 0.25) is 0 Å². The number of ether oxygens (including phenoxy) is 1. The molecule has 1 atom stereocenters. The van der Waals surface area contributed by atoms with Crippen molar-refractivity contribution in [1.82, 2.24) is 18.9 Å². The summed E-state index contributed by atoms with van der Waals surface area (Å²) in [5.74, 6) is -1.66. The average molecular weight is 436 g/mol. The number of piperazine rings is 1. The summed E-state index contributed by atoms with van der Waals surface area (Å²) in [6, 6.07) is 3.55. The van der Waals surface area contributed by atoms with Crippen molar-refractivity contribution in [2.24, 2.45) is 0 Å².